The largest absolute Gasteiger partial charge is 0.493 e. The van der Waals surface area contributed by atoms with Crippen LogP contribution in [0.5, 0.6) is 5.75 Å². The van der Waals surface area contributed by atoms with E-state index >= 15 is 0 Å². The average molecular weight is 269 g/mol. The van der Waals surface area contributed by atoms with Gasteiger partial charge in [-0.15, -0.1) is 0 Å². The highest BCUT2D eigenvalue weighted by Gasteiger charge is 2.26. The van der Waals surface area contributed by atoms with E-state index < -0.39 is 0 Å². The van der Waals surface area contributed by atoms with Gasteiger partial charge < -0.3 is 15.2 Å². The molecule has 0 saturated heterocycles. The van der Waals surface area contributed by atoms with E-state index in [1.807, 2.05) is 42.5 Å². The maximum atomic E-state index is 6.45. The summed E-state index contributed by atoms with van der Waals surface area (Å²) in [7, 11) is 1.70. The minimum atomic E-state index is -0.240. The highest BCUT2D eigenvalue weighted by molar-refractivity contribution is 5.46. The smallest absolute Gasteiger partial charge is 0.127 e. The Kier molecular flexibility index (Phi) is 3.72. The van der Waals surface area contributed by atoms with E-state index in [0.29, 0.717) is 0 Å². The van der Waals surface area contributed by atoms with Crippen LogP contribution in [0.4, 0.5) is 0 Å². The van der Waals surface area contributed by atoms with Crippen molar-refractivity contribution in [2.75, 3.05) is 13.7 Å². The van der Waals surface area contributed by atoms with Crippen LogP contribution in [0.25, 0.3) is 0 Å². The maximum absolute atomic E-state index is 6.45. The summed E-state index contributed by atoms with van der Waals surface area (Å²) in [5.41, 5.74) is 9.79. The highest BCUT2D eigenvalue weighted by Crippen LogP contribution is 2.38. The van der Waals surface area contributed by atoms with Crippen LogP contribution in [0.15, 0.2) is 48.5 Å². The van der Waals surface area contributed by atoms with Crippen molar-refractivity contribution in [1.82, 2.24) is 0 Å². The molecule has 1 aliphatic rings. The summed E-state index contributed by atoms with van der Waals surface area (Å²) in [4.78, 5) is 0. The van der Waals surface area contributed by atoms with E-state index in [1.54, 1.807) is 7.11 Å². The fourth-order valence-electron chi connectivity index (χ4n) is 2.80. The Morgan fingerprint density at radius 3 is 2.65 bits per heavy atom. The van der Waals surface area contributed by atoms with Crippen molar-refractivity contribution in [2.45, 2.75) is 18.6 Å². The lowest BCUT2D eigenvalue weighted by molar-refractivity contribution is 0.0793. The first-order valence-electron chi connectivity index (χ1n) is 6.89. The number of hydrogen-bond donors (Lipinski definition) is 1. The van der Waals surface area contributed by atoms with Gasteiger partial charge in [-0.05, 0) is 11.1 Å². The van der Waals surface area contributed by atoms with Crippen molar-refractivity contribution in [3.05, 3.63) is 65.2 Å². The third-order valence-electron chi connectivity index (χ3n) is 3.81. The molecule has 0 fully saturated rings. The molecule has 2 atom stereocenters. The molecule has 0 amide bonds. The number of benzene rings is 2. The van der Waals surface area contributed by atoms with Gasteiger partial charge in [0.2, 0.25) is 0 Å². The summed E-state index contributed by atoms with van der Waals surface area (Å²) in [6.07, 6.45) is 0.783. The van der Waals surface area contributed by atoms with E-state index in [9.17, 15) is 0 Å². The molecule has 1 aliphatic heterocycles. The molecule has 104 valence electrons. The zero-order chi connectivity index (χ0) is 13.9. The third kappa shape index (κ3) is 2.30. The molecule has 0 aliphatic carbocycles. The lowest BCUT2D eigenvalue weighted by Crippen LogP contribution is -2.22. The molecule has 2 unspecified atom stereocenters. The summed E-state index contributed by atoms with van der Waals surface area (Å²) in [6.45, 7) is 0.738. The summed E-state index contributed by atoms with van der Waals surface area (Å²) >= 11 is 0. The van der Waals surface area contributed by atoms with Gasteiger partial charge in [-0.3, -0.25) is 0 Å². The molecule has 2 aromatic carbocycles. The molecular formula is C17H19NO2. The molecular weight excluding hydrogens is 250 g/mol. The van der Waals surface area contributed by atoms with Gasteiger partial charge in [0.1, 0.15) is 11.9 Å². The van der Waals surface area contributed by atoms with Gasteiger partial charge in [0.15, 0.2) is 0 Å². The zero-order valence-corrected chi connectivity index (χ0v) is 11.6. The molecule has 2 aromatic rings. The second-order valence-electron chi connectivity index (χ2n) is 5.03. The van der Waals surface area contributed by atoms with Crippen molar-refractivity contribution in [3.8, 4) is 5.75 Å². The van der Waals surface area contributed by atoms with Gasteiger partial charge in [0.25, 0.3) is 0 Å². The maximum Gasteiger partial charge on any atom is 0.127 e. The Morgan fingerprint density at radius 2 is 1.90 bits per heavy atom. The molecule has 0 bridgehead atoms. The van der Waals surface area contributed by atoms with E-state index in [2.05, 4.69) is 6.07 Å². The van der Waals surface area contributed by atoms with Gasteiger partial charge in [-0.1, -0.05) is 48.5 Å². The van der Waals surface area contributed by atoms with Crippen molar-refractivity contribution in [3.63, 3.8) is 0 Å². The SMILES string of the molecule is COC(c1ccccc1)C(N)c1cccc2c1OCC2. The average Bonchev–Trinajstić information content (AvgIpc) is 2.97. The van der Waals surface area contributed by atoms with E-state index in [-0.39, 0.29) is 12.1 Å². The van der Waals surface area contributed by atoms with E-state index in [0.717, 1.165) is 29.9 Å². The lowest BCUT2D eigenvalue weighted by atomic mass is 9.94. The van der Waals surface area contributed by atoms with E-state index in [4.69, 9.17) is 15.2 Å². The van der Waals surface area contributed by atoms with Crippen molar-refractivity contribution in [2.24, 2.45) is 5.73 Å². The van der Waals surface area contributed by atoms with Crippen LogP contribution < -0.4 is 10.5 Å². The Bertz CT molecular complexity index is 583. The minimum absolute atomic E-state index is 0.174. The van der Waals surface area contributed by atoms with Crippen LogP contribution in [0.1, 0.15) is 28.8 Å². The minimum Gasteiger partial charge on any atom is -0.493 e. The lowest BCUT2D eigenvalue weighted by Gasteiger charge is -2.24. The highest BCUT2D eigenvalue weighted by atomic mass is 16.5. The Labute approximate surface area is 119 Å². The van der Waals surface area contributed by atoms with Crippen LogP contribution >= 0.6 is 0 Å². The first kappa shape index (κ1) is 13.2. The first-order valence-corrected chi connectivity index (χ1v) is 6.89. The molecule has 3 heteroatoms. The molecule has 2 N–H and O–H groups in total. The predicted molar refractivity (Wildman–Crippen MR) is 78.8 cm³/mol. The molecule has 3 rings (SSSR count). The summed E-state index contributed by atoms with van der Waals surface area (Å²) in [5, 5.41) is 0. The summed E-state index contributed by atoms with van der Waals surface area (Å²) in [6, 6.07) is 16.0. The van der Waals surface area contributed by atoms with Crippen LogP contribution in [0.2, 0.25) is 0 Å². The fraction of sp³-hybridized carbons (Fsp3) is 0.294. The molecule has 0 spiro atoms. The van der Waals surface area contributed by atoms with Gasteiger partial charge in [-0.25, -0.2) is 0 Å². The number of nitrogens with two attached hydrogens (primary N) is 1. The van der Waals surface area contributed by atoms with Crippen molar-refractivity contribution >= 4 is 0 Å². The standard InChI is InChI=1S/C17H19NO2/c1-19-17(12-6-3-2-4-7-12)15(18)14-9-5-8-13-10-11-20-16(13)14/h2-9,15,17H,10-11,18H2,1H3. The molecule has 0 radical (unpaired) electrons. The quantitative estimate of drug-likeness (QED) is 0.928. The third-order valence-corrected chi connectivity index (χ3v) is 3.81. The van der Waals surface area contributed by atoms with Gasteiger partial charge in [-0.2, -0.15) is 0 Å². The number of hydrogen-bond acceptors (Lipinski definition) is 3. The molecule has 0 saturated carbocycles. The number of rotatable bonds is 4. The second kappa shape index (κ2) is 5.65. The van der Waals surface area contributed by atoms with Crippen LogP contribution in [-0.4, -0.2) is 13.7 Å². The second-order valence-corrected chi connectivity index (χ2v) is 5.03. The molecule has 1 heterocycles. The fourth-order valence-corrected chi connectivity index (χ4v) is 2.80. The van der Waals surface area contributed by atoms with E-state index in [1.165, 1.54) is 5.56 Å². The topological polar surface area (TPSA) is 44.5 Å². The number of ether oxygens (including phenoxy) is 2. The van der Waals surface area contributed by atoms with Crippen LogP contribution in [0.3, 0.4) is 0 Å². The molecule has 0 aromatic heterocycles. The monoisotopic (exact) mass is 269 g/mol. The molecule has 3 nitrogen and oxygen atoms in total. The molecule has 20 heavy (non-hydrogen) atoms. The van der Waals surface area contributed by atoms with Crippen LogP contribution in [0, 0.1) is 0 Å². The normalized spacial score (nSPS) is 16.3. The predicted octanol–water partition coefficient (Wildman–Crippen LogP) is 3.01. The van der Waals surface area contributed by atoms with Crippen molar-refractivity contribution in [1.29, 1.82) is 0 Å². The van der Waals surface area contributed by atoms with Crippen molar-refractivity contribution < 1.29 is 9.47 Å². The first-order chi connectivity index (χ1) is 9.81. The number of fused-ring (bicyclic) bond motifs is 1. The number of methoxy groups -OCH3 is 1. The van der Waals surface area contributed by atoms with Crippen LogP contribution in [-0.2, 0) is 11.2 Å². The Morgan fingerprint density at radius 1 is 1.10 bits per heavy atom. The van der Waals surface area contributed by atoms with Gasteiger partial charge in [0, 0.05) is 19.1 Å². The number of para-hydroxylation sites is 1. The summed E-state index contributed by atoms with van der Waals surface area (Å²) in [5.74, 6) is 0.943. The Balaban J connectivity index is 1.95. The van der Waals surface area contributed by atoms with Gasteiger partial charge >= 0.3 is 0 Å². The summed E-state index contributed by atoms with van der Waals surface area (Å²) < 4.78 is 11.4. The van der Waals surface area contributed by atoms with Gasteiger partial charge in [0.05, 0.1) is 12.6 Å². The zero-order valence-electron chi connectivity index (χ0n) is 11.6. The Hall–Kier alpha value is -1.84.